The summed E-state index contributed by atoms with van der Waals surface area (Å²) in [4.78, 5) is 42.2. The molecule has 9 heteroatoms. The second-order valence-corrected chi connectivity index (χ2v) is 15.2. The summed E-state index contributed by atoms with van der Waals surface area (Å²) in [7, 11) is 0. The van der Waals surface area contributed by atoms with E-state index in [1.807, 2.05) is 0 Å². The number of unbranched alkanes of at least 4 members (excludes halogenated alkanes) is 30. The van der Waals surface area contributed by atoms with Gasteiger partial charge in [-0.1, -0.05) is 247 Å². The molecule has 0 aliphatic carbocycles. The smallest absolute Gasteiger partial charge is 0.545 e. The maximum absolute atomic E-state index is 11.0. The van der Waals surface area contributed by atoms with Crippen molar-refractivity contribution >= 4 is 47.8 Å². The van der Waals surface area contributed by atoms with Crippen LogP contribution in [-0.4, -0.2) is 61.0 Å². The van der Waals surface area contributed by atoms with Crippen LogP contribution in [0.1, 0.15) is 246 Å². The van der Waals surface area contributed by atoms with Crippen molar-refractivity contribution in [3.63, 3.8) is 0 Å². The molecule has 0 atom stereocenters. The van der Waals surface area contributed by atoms with Crippen LogP contribution < -0.4 is 10.2 Å². The average molecular weight is 940 g/mol. The Morgan fingerprint density at radius 3 is 0.763 bits per heavy atom. The Balaban J connectivity index is -0.000000239. The van der Waals surface area contributed by atoms with Crippen LogP contribution in [0.3, 0.4) is 0 Å². The molecule has 0 aromatic rings. The molecule has 0 N–H and O–H groups in total. The standard InChI is InChI=1S/2C17H30O4.2C8H17.Sn/c2*1-2-3-4-5-6-7-8-9-10-11-12-15-21-17(20)14-13-16(18)19;2*1-3-5-7-8-6-4-2;/h2*13-14H,2-12,15H2,1H3,(H,18,19);2*1,3-8H2,2H3;/q;;;;+2/p-2/b2*14-13-;;;. The summed E-state index contributed by atoms with van der Waals surface area (Å²) < 4.78 is 9.72. The first-order valence-electron chi connectivity index (χ1n) is 23.9. The third-order valence-corrected chi connectivity index (χ3v) is 9.40. The first-order chi connectivity index (χ1) is 28.2. The van der Waals surface area contributed by atoms with Crippen molar-refractivity contribution < 1.29 is 38.9 Å². The van der Waals surface area contributed by atoms with Crippen molar-refractivity contribution in [1.82, 2.24) is 0 Å². The molecule has 0 aliphatic heterocycles. The molecule has 0 aromatic carbocycles. The van der Waals surface area contributed by atoms with Gasteiger partial charge in [-0.25, -0.2) is 9.59 Å². The first kappa shape index (κ1) is 66.3. The van der Waals surface area contributed by atoms with Crippen molar-refractivity contribution in [2.75, 3.05) is 13.2 Å². The van der Waals surface area contributed by atoms with Gasteiger partial charge >= 0.3 is 35.8 Å². The van der Waals surface area contributed by atoms with Gasteiger partial charge in [-0.2, -0.15) is 0 Å². The van der Waals surface area contributed by atoms with E-state index in [1.54, 1.807) is 0 Å². The van der Waals surface area contributed by atoms with Crippen molar-refractivity contribution in [3.8, 4) is 0 Å². The number of rotatable bonds is 38. The second-order valence-electron chi connectivity index (χ2n) is 15.2. The number of hydrogen-bond donors (Lipinski definition) is 0. The number of hydrogen-bond acceptors (Lipinski definition) is 8. The van der Waals surface area contributed by atoms with Crippen LogP contribution in [0, 0.1) is 13.8 Å². The fourth-order valence-electron chi connectivity index (χ4n) is 5.81. The van der Waals surface area contributed by atoms with E-state index in [2.05, 4.69) is 41.5 Å². The Kier molecular flexibility index (Phi) is 70.5. The molecule has 344 valence electrons. The summed E-state index contributed by atoms with van der Waals surface area (Å²) in [6.07, 6.45) is 46.4. The maximum Gasteiger partial charge on any atom is 2.00 e. The third kappa shape index (κ3) is 77.3. The Morgan fingerprint density at radius 2 is 0.559 bits per heavy atom. The number of carboxylic acid groups (broad SMARTS) is 2. The molecule has 0 aliphatic rings. The fraction of sp³-hybridized carbons (Fsp3) is 0.800. The van der Waals surface area contributed by atoms with Gasteiger partial charge in [0.15, 0.2) is 0 Å². The molecule has 0 heterocycles. The molecule has 8 nitrogen and oxygen atoms in total. The van der Waals surface area contributed by atoms with Crippen molar-refractivity contribution in [1.29, 1.82) is 0 Å². The molecule has 59 heavy (non-hydrogen) atoms. The van der Waals surface area contributed by atoms with Crippen LogP contribution in [0.15, 0.2) is 24.3 Å². The molecular weight excluding hydrogens is 847 g/mol. The Morgan fingerprint density at radius 1 is 0.356 bits per heavy atom. The van der Waals surface area contributed by atoms with Crippen LogP contribution in [0.5, 0.6) is 0 Å². The van der Waals surface area contributed by atoms with Gasteiger partial charge in [-0.05, 0) is 25.0 Å². The number of aliphatic carboxylic acids is 2. The Hall–Kier alpha value is -1.84. The minimum atomic E-state index is -1.39. The van der Waals surface area contributed by atoms with Gasteiger partial charge in [0.05, 0.1) is 25.2 Å². The van der Waals surface area contributed by atoms with E-state index < -0.39 is 23.9 Å². The first-order valence-corrected chi connectivity index (χ1v) is 23.9. The van der Waals surface area contributed by atoms with Gasteiger partial charge in [-0.3, -0.25) is 0 Å². The van der Waals surface area contributed by atoms with Gasteiger partial charge in [0, 0.05) is 12.2 Å². The molecule has 0 unspecified atom stereocenters. The number of ether oxygens (including phenoxy) is 2. The van der Waals surface area contributed by atoms with Gasteiger partial charge in [0.25, 0.3) is 0 Å². The molecule has 0 rings (SSSR count). The van der Waals surface area contributed by atoms with Gasteiger partial charge in [0.1, 0.15) is 0 Å². The van der Waals surface area contributed by atoms with Crippen LogP contribution in [0.25, 0.3) is 0 Å². The molecule has 0 amide bonds. The summed E-state index contributed by atoms with van der Waals surface area (Å²) in [5.74, 6) is -4.01. The summed E-state index contributed by atoms with van der Waals surface area (Å²) in [5, 5.41) is 20.1. The summed E-state index contributed by atoms with van der Waals surface area (Å²) >= 11 is 0. The fourth-order valence-corrected chi connectivity index (χ4v) is 5.81. The molecule has 0 saturated heterocycles. The van der Waals surface area contributed by atoms with Crippen LogP contribution in [0.4, 0.5) is 0 Å². The zero-order valence-corrected chi connectivity index (χ0v) is 41.8. The topological polar surface area (TPSA) is 133 Å². The Bertz CT molecular complexity index is 821. The predicted molar refractivity (Wildman–Crippen MR) is 246 cm³/mol. The van der Waals surface area contributed by atoms with E-state index >= 15 is 0 Å². The molecular formula is C50H92O8Sn. The SMILES string of the molecule is CCCCCCCCCCCCCOC(=O)/C=C\C(=O)[O-].CCCCCCCCCCCCCOC(=O)/C=C\C(=O)[O-].[CH2]CCCCCCC.[CH2]CCCCCCC.[Sn+2]. The third-order valence-electron chi connectivity index (χ3n) is 9.40. The minimum Gasteiger partial charge on any atom is -0.545 e. The second kappa shape index (κ2) is 62.8. The van der Waals surface area contributed by atoms with Crippen molar-refractivity contribution in [3.05, 3.63) is 38.2 Å². The molecule has 0 fully saturated rings. The normalized spacial score (nSPS) is 10.4. The van der Waals surface area contributed by atoms with Gasteiger partial charge in [0.2, 0.25) is 0 Å². The molecule has 0 saturated carbocycles. The molecule has 0 bridgehead atoms. The molecule has 4 radical (unpaired) electrons. The van der Waals surface area contributed by atoms with Crippen molar-refractivity contribution in [2.45, 2.75) is 246 Å². The maximum atomic E-state index is 11.0. The van der Waals surface area contributed by atoms with Gasteiger partial charge < -0.3 is 29.3 Å². The number of esters is 2. The van der Waals surface area contributed by atoms with Crippen LogP contribution in [-0.2, 0) is 28.7 Å². The number of carbonyl (C=O) groups is 4. The monoisotopic (exact) mass is 941 g/mol. The van der Waals surface area contributed by atoms with Crippen LogP contribution in [0.2, 0.25) is 0 Å². The minimum absolute atomic E-state index is 0. The zero-order valence-electron chi connectivity index (χ0n) is 38.9. The number of carbonyl (C=O) groups excluding carboxylic acids is 4. The van der Waals surface area contributed by atoms with E-state index in [9.17, 15) is 29.4 Å². The van der Waals surface area contributed by atoms with Crippen molar-refractivity contribution in [2.24, 2.45) is 0 Å². The summed E-state index contributed by atoms with van der Waals surface area (Å²) in [6.45, 7) is 17.2. The van der Waals surface area contributed by atoms with E-state index in [4.69, 9.17) is 9.47 Å². The largest absolute Gasteiger partial charge is 2.00 e. The molecule has 0 spiro atoms. The number of carboxylic acids is 2. The van der Waals surface area contributed by atoms with E-state index in [-0.39, 0.29) is 23.9 Å². The van der Waals surface area contributed by atoms with E-state index in [0.29, 0.717) is 25.4 Å². The van der Waals surface area contributed by atoms with E-state index in [0.717, 1.165) is 50.7 Å². The summed E-state index contributed by atoms with van der Waals surface area (Å²) in [6, 6.07) is 0. The van der Waals surface area contributed by atoms with Gasteiger partial charge in [-0.15, -0.1) is 0 Å². The quantitative estimate of drug-likeness (QED) is 0.0259. The van der Waals surface area contributed by atoms with Crippen LogP contribution >= 0.6 is 0 Å². The predicted octanol–water partition coefficient (Wildman–Crippen LogP) is 12.3. The Labute approximate surface area is 382 Å². The van der Waals surface area contributed by atoms with E-state index in [1.165, 1.54) is 180 Å². The molecule has 0 aromatic heterocycles. The average Bonchev–Trinajstić information content (AvgIpc) is 3.21. The zero-order chi connectivity index (χ0) is 44.0. The summed E-state index contributed by atoms with van der Waals surface area (Å²) in [5.41, 5.74) is 0.